The fraction of sp³-hybridized carbons (Fsp3) is 0.357. The van der Waals surface area contributed by atoms with E-state index < -0.39 is 0 Å². The average molecular weight is 288 g/mol. The van der Waals surface area contributed by atoms with E-state index in [0.29, 0.717) is 5.02 Å². The maximum absolute atomic E-state index is 6.08. The van der Waals surface area contributed by atoms with Crippen LogP contribution in [0.1, 0.15) is 19.3 Å². The number of rotatable bonds is 1. The van der Waals surface area contributed by atoms with E-state index in [1.54, 1.807) is 6.33 Å². The van der Waals surface area contributed by atoms with Gasteiger partial charge in [0.2, 0.25) is 5.65 Å². The third kappa shape index (κ3) is 1.81. The third-order valence-corrected chi connectivity index (χ3v) is 4.06. The Bertz CT molecular complexity index is 776. The molecule has 20 heavy (non-hydrogen) atoms. The van der Waals surface area contributed by atoms with Crippen LogP contribution in [0.3, 0.4) is 0 Å². The topological polar surface area (TPSA) is 46.3 Å². The zero-order valence-corrected chi connectivity index (χ0v) is 11.7. The van der Waals surface area contributed by atoms with Crippen molar-refractivity contribution < 1.29 is 0 Å². The normalized spacial score (nSPS) is 16.1. The summed E-state index contributed by atoms with van der Waals surface area (Å²) in [6.45, 7) is 2.07. The van der Waals surface area contributed by atoms with Gasteiger partial charge in [0, 0.05) is 18.1 Å². The Hall–Kier alpha value is -1.88. The first-order valence-electron chi connectivity index (χ1n) is 6.87. The van der Waals surface area contributed by atoms with Crippen LogP contribution in [0.4, 0.5) is 5.82 Å². The summed E-state index contributed by atoms with van der Waals surface area (Å²) in [5, 5.41) is 8.97. The molecular weight excluding hydrogens is 274 g/mol. The number of anilines is 1. The Morgan fingerprint density at radius 2 is 1.95 bits per heavy atom. The lowest BCUT2D eigenvalue weighted by molar-refractivity contribution is 0.574. The number of halogens is 1. The summed E-state index contributed by atoms with van der Waals surface area (Å²) < 4.78 is 1.97. The highest BCUT2D eigenvalue weighted by Gasteiger charge is 2.18. The molecule has 3 aromatic rings. The van der Waals surface area contributed by atoms with Crippen LogP contribution in [0.25, 0.3) is 16.7 Å². The molecule has 0 unspecified atom stereocenters. The van der Waals surface area contributed by atoms with Gasteiger partial charge in [-0.05, 0) is 37.5 Å². The fourth-order valence-electron chi connectivity index (χ4n) is 2.83. The summed E-state index contributed by atoms with van der Waals surface area (Å²) in [4.78, 5) is 7.09. The minimum atomic E-state index is 0.694. The van der Waals surface area contributed by atoms with Gasteiger partial charge in [0.15, 0.2) is 5.82 Å². The average Bonchev–Trinajstić information content (AvgIpc) is 2.97. The lowest BCUT2D eigenvalue weighted by Gasteiger charge is -2.27. The molecule has 1 fully saturated rings. The summed E-state index contributed by atoms with van der Waals surface area (Å²) in [6, 6.07) is 5.72. The molecule has 1 aliphatic heterocycles. The molecule has 2 aromatic heterocycles. The molecule has 0 saturated carbocycles. The van der Waals surface area contributed by atoms with E-state index in [-0.39, 0.29) is 0 Å². The highest BCUT2D eigenvalue weighted by Crippen LogP contribution is 2.26. The van der Waals surface area contributed by atoms with Crippen LogP contribution in [0.2, 0.25) is 5.02 Å². The molecular formula is C14H14ClN5. The van der Waals surface area contributed by atoms with Gasteiger partial charge in [-0.15, -0.1) is 10.2 Å². The van der Waals surface area contributed by atoms with E-state index in [2.05, 4.69) is 15.1 Å². The first-order chi connectivity index (χ1) is 9.83. The summed E-state index contributed by atoms with van der Waals surface area (Å²) in [5.74, 6) is 0.928. The Balaban J connectivity index is 1.99. The van der Waals surface area contributed by atoms with Crippen molar-refractivity contribution in [1.82, 2.24) is 19.6 Å². The fourth-order valence-corrected chi connectivity index (χ4v) is 3.00. The lowest BCUT2D eigenvalue weighted by Crippen LogP contribution is -2.30. The van der Waals surface area contributed by atoms with Gasteiger partial charge in [0.25, 0.3) is 0 Å². The second-order valence-corrected chi connectivity index (χ2v) is 5.58. The van der Waals surface area contributed by atoms with Crippen LogP contribution in [0.5, 0.6) is 0 Å². The second-order valence-electron chi connectivity index (χ2n) is 5.14. The minimum Gasteiger partial charge on any atom is -0.353 e. The molecule has 0 atom stereocenters. The molecule has 6 heteroatoms. The third-order valence-electron chi connectivity index (χ3n) is 3.83. The molecule has 0 N–H and O–H groups in total. The van der Waals surface area contributed by atoms with Crippen molar-refractivity contribution in [3.05, 3.63) is 29.5 Å². The number of piperidine rings is 1. The SMILES string of the molecule is Clc1ccc2nc(N3CCCCC3)c3nncn3c2c1. The standard InChI is InChI=1S/C14H14ClN5/c15-10-4-5-11-12(8-10)20-9-16-18-14(20)13(17-11)19-6-2-1-3-7-19/h4-5,8-9H,1-3,6-7H2. The highest BCUT2D eigenvalue weighted by atomic mass is 35.5. The molecule has 0 radical (unpaired) electrons. The molecule has 1 aliphatic rings. The zero-order valence-electron chi connectivity index (χ0n) is 11.0. The number of fused-ring (bicyclic) bond motifs is 3. The van der Waals surface area contributed by atoms with Crippen molar-refractivity contribution in [3.8, 4) is 0 Å². The van der Waals surface area contributed by atoms with Gasteiger partial charge in [-0.2, -0.15) is 0 Å². The molecule has 102 valence electrons. The van der Waals surface area contributed by atoms with Crippen molar-refractivity contribution in [1.29, 1.82) is 0 Å². The predicted molar refractivity (Wildman–Crippen MR) is 79.4 cm³/mol. The molecule has 0 amide bonds. The van der Waals surface area contributed by atoms with Gasteiger partial charge in [0.1, 0.15) is 6.33 Å². The number of hydrogen-bond donors (Lipinski definition) is 0. The van der Waals surface area contributed by atoms with Crippen LogP contribution < -0.4 is 4.90 Å². The summed E-state index contributed by atoms with van der Waals surface area (Å²) in [6.07, 6.45) is 5.44. The van der Waals surface area contributed by atoms with E-state index in [0.717, 1.165) is 35.6 Å². The zero-order chi connectivity index (χ0) is 13.5. The van der Waals surface area contributed by atoms with Crippen molar-refractivity contribution >= 4 is 34.1 Å². The van der Waals surface area contributed by atoms with E-state index in [1.807, 2.05) is 22.6 Å². The number of benzene rings is 1. The molecule has 0 bridgehead atoms. The van der Waals surface area contributed by atoms with Crippen LogP contribution in [-0.4, -0.2) is 32.7 Å². The molecule has 0 spiro atoms. The molecule has 1 aromatic carbocycles. The highest BCUT2D eigenvalue weighted by molar-refractivity contribution is 6.31. The minimum absolute atomic E-state index is 0.694. The van der Waals surface area contributed by atoms with Crippen molar-refractivity contribution in [2.75, 3.05) is 18.0 Å². The number of aromatic nitrogens is 4. The summed E-state index contributed by atoms with van der Waals surface area (Å²) in [7, 11) is 0. The van der Waals surface area contributed by atoms with E-state index in [1.165, 1.54) is 19.3 Å². The van der Waals surface area contributed by atoms with Gasteiger partial charge in [-0.25, -0.2) is 4.98 Å². The summed E-state index contributed by atoms with van der Waals surface area (Å²) in [5.41, 5.74) is 2.67. The Morgan fingerprint density at radius 3 is 2.80 bits per heavy atom. The Labute approximate surface area is 121 Å². The Kier molecular flexibility index (Phi) is 2.73. The van der Waals surface area contributed by atoms with Crippen LogP contribution in [0.15, 0.2) is 24.5 Å². The number of hydrogen-bond acceptors (Lipinski definition) is 4. The first kappa shape index (κ1) is 11.9. The molecule has 1 saturated heterocycles. The van der Waals surface area contributed by atoms with Gasteiger partial charge < -0.3 is 4.90 Å². The molecule has 5 nitrogen and oxygen atoms in total. The largest absolute Gasteiger partial charge is 0.353 e. The first-order valence-corrected chi connectivity index (χ1v) is 7.25. The van der Waals surface area contributed by atoms with Gasteiger partial charge in [0.05, 0.1) is 11.0 Å². The van der Waals surface area contributed by atoms with Crippen LogP contribution in [0, 0.1) is 0 Å². The quantitative estimate of drug-likeness (QED) is 0.690. The Morgan fingerprint density at radius 1 is 1.10 bits per heavy atom. The van der Waals surface area contributed by atoms with Gasteiger partial charge in [-0.1, -0.05) is 11.6 Å². The van der Waals surface area contributed by atoms with E-state index in [9.17, 15) is 0 Å². The predicted octanol–water partition coefficient (Wildman–Crippen LogP) is 2.92. The molecule has 0 aliphatic carbocycles. The van der Waals surface area contributed by atoms with Crippen LogP contribution >= 0.6 is 11.6 Å². The van der Waals surface area contributed by atoms with Crippen LogP contribution in [-0.2, 0) is 0 Å². The molecule has 3 heterocycles. The lowest BCUT2D eigenvalue weighted by atomic mass is 10.1. The smallest absolute Gasteiger partial charge is 0.204 e. The number of nitrogens with zero attached hydrogens (tertiary/aromatic N) is 5. The van der Waals surface area contributed by atoms with Crippen molar-refractivity contribution in [3.63, 3.8) is 0 Å². The van der Waals surface area contributed by atoms with Gasteiger partial charge >= 0.3 is 0 Å². The van der Waals surface area contributed by atoms with Crippen molar-refractivity contribution in [2.24, 2.45) is 0 Å². The molecule has 4 rings (SSSR count). The second kappa shape index (κ2) is 4.59. The van der Waals surface area contributed by atoms with Crippen molar-refractivity contribution in [2.45, 2.75) is 19.3 Å². The maximum atomic E-state index is 6.08. The van der Waals surface area contributed by atoms with Gasteiger partial charge in [-0.3, -0.25) is 4.40 Å². The van der Waals surface area contributed by atoms with E-state index >= 15 is 0 Å². The van der Waals surface area contributed by atoms with E-state index in [4.69, 9.17) is 16.6 Å². The maximum Gasteiger partial charge on any atom is 0.204 e. The summed E-state index contributed by atoms with van der Waals surface area (Å²) >= 11 is 6.08. The monoisotopic (exact) mass is 287 g/mol.